The minimum Gasteiger partial charge on any atom is -0.760 e. The van der Waals surface area contributed by atoms with Crippen LogP contribution in [-0.4, -0.2) is 27.7 Å². The van der Waals surface area contributed by atoms with Crippen LogP contribution in [0.25, 0.3) is 0 Å². The van der Waals surface area contributed by atoms with E-state index in [1.165, 1.54) is 12.8 Å². The smallest absolute Gasteiger partial charge is 0.163 e. The molecule has 1 aromatic rings. The van der Waals surface area contributed by atoms with Gasteiger partial charge in [-0.15, -0.1) is 0 Å². The van der Waals surface area contributed by atoms with Crippen LogP contribution in [-0.2, 0) is 17.7 Å². The van der Waals surface area contributed by atoms with Crippen molar-refractivity contribution in [3.8, 4) is 5.75 Å². The molecule has 0 saturated heterocycles. The summed E-state index contributed by atoms with van der Waals surface area (Å²) in [6.07, 6.45) is 6.96. The number of carbonyl (C=O) groups is 1. The molecule has 0 bridgehead atoms. The number of hydrogen-bond acceptors (Lipinski definition) is 4. The summed E-state index contributed by atoms with van der Waals surface area (Å²) in [4.78, 5) is 11.8. The molecule has 0 aromatic heterocycles. The van der Waals surface area contributed by atoms with Crippen molar-refractivity contribution < 1.29 is 18.3 Å². The van der Waals surface area contributed by atoms with Gasteiger partial charge >= 0.3 is 0 Å². The molecule has 2 aliphatic carbocycles. The van der Waals surface area contributed by atoms with Crippen molar-refractivity contribution in [3.63, 3.8) is 0 Å². The molecule has 1 N–H and O–H groups in total. The standard InChI is InChI=1S/C18H25NO4S/c20-18-8-6-14-5-7-16(11-17(14)18)23-12-15-4-2-1-3-13(15)9-10-19-24(21)22/h5,7,11,13,15,19H,1-4,6,8-10,12H2,(H,21,22)/p-1. The largest absolute Gasteiger partial charge is 0.760 e. The van der Waals surface area contributed by atoms with Gasteiger partial charge in [-0.1, -0.05) is 25.3 Å². The van der Waals surface area contributed by atoms with Crippen LogP contribution in [0.5, 0.6) is 5.75 Å². The van der Waals surface area contributed by atoms with Gasteiger partial charge in [0.2, 0.25) is 0 Å². The molecule has 1 saturated carbocycles. The van der Waals surface area contributed by atoms with Crippen LogP contribution >= 0.6 is 0 Å². The van der Waals surface area contributed by atoms with Gasteiger partial charge < -0.3 is 9.29 Å². The van der Waals surface area contributed by atoms with Crippen molar-refractivity contribution in [2.24, 2.45) is 11.8 Å². The van der Waals surface area contributed by atoms with E-state index >= 15 is 0 Å². The number of rotatable bonds is 7. The van der Waals surface area contributed by atoms with E-state index in [9.17, 15) is 13.6 Å². The highest BCUT2D eigenvalue weighted by molar-refractivity contribution is 7.77. The predicted octanol–water partition coefficient (Wildman–Crippen LogP) is 2.77. The van der Waals surface area contributed by atoms with E-state index in [1.54, 1.807) is 0 Å². The first-order valence-corrected chi connectivity index (χ1v) is 9.82. The number of nitrogens with one attached hydrogen (secondary N) is 1. The molecule has 1 aromatic carbocycles. The zero-order chi connectivity index (χ0) is 16.9. The van der Waals surface area contributed by atoms with Gasteiger partial charge in [0.05, 0.1) is 6.61 Å². The fourth-order valence-corrected chi connectivity index (χ4v) is 4.21. The van der Waals surface area contributed by atoms with E-state index in [0.717, 1.165) is 42.6 Å². The van der Waals surface area contributed by atoms with Crippen molar-refractivity contribution >= 4 is 17.0 Å². The maximum Gasteiger partial charge on any atom is 0.163 e. The lowest BCUT2D eigenvalue weighted by molar-refractivity contribution is 0.0993. The van der Waals surface area contributed by atoms with E-state index in [0.29, 0.717) is 31.4 Å². The molecule has 3 atom stereocenters. The highest BCUT2D eigenvalue weighted by Gasteiger charge is 2.26. The predicted molar refractivity (Wildman–Crippen MR) is 91.6 cm³/mol. The van der Waals surface area contributed by atoms with Gasteiger partial charge in [-0.25, -0.2) is 4.72 Å². The number of aryl methyl sites for hydroxylation is 1. The fourth-order valence-electron chi connectivity index (χ4n) is 3.92. The van der Waals surface area contributed by atoms with E-state index in [-0.39, 0.29) is 5.78 Å². The lowest BCUT2D eigenvalue weighted by Crippen LogP contribution is -2.29. The zero-order valence-electron chi connectivity index (χ0n) is 13.8. The third-order valence-electron chi connectivity index (χ3n) is 5.27. The zero-order valence-corrected chi connectivity index (χ0v) is 14.6. The Balaban J connectivity index is 1.55. The van der Waals surface area contributed by atoms with Crippen molar-refractivity contribution in [1.29, 1.82) is 0 Å². The summed E-state index contributed by atoms with van der Waals surface area (Å²) in [5, 5.41) is 0. The Bertz CT molecular complexity index is 619. The number of ketones is 1. The van der Waals surface area contributed by atoms with Crippen LogP contribution in [0.3, 0.4) is 0 Å². The molecule has 2 aliphatic rings. The molecule has 0 aliphatic heterocycles. The molecule has 132 valence electrons. The summed E-state index contributed by atoms with van der Waals surface area (Å²) >= 11 is -2.18. The summed E-state index contributed by atoms with van der Waals surface area (Å²) in [5.74, 6) is 1.92. The van der Waals surface area contributed by atoms with Crippen LogP contribution in [0.2, 0.25) is 0 Å². The van der Waals surface area contributed by atoms with Crippen molar-refractivity contribution in [2.45, 2.75) is 44.9 Å². The molecule has 6 heteroatoms. The second kappa shape index (κ2) is 8.23. The third kappa shape index (κ3) is 4.43. The number of fused-ring (bicyclic) bond motifs is 1. The second-order valence-corrected chi connectivity index (χ2v) is 7.53. The van der Waals surface area contributed by atoms with Gasteiger partial charge in [-0.2, -0.15) is 0 Å². The summed E-state index contributed by atoms with van der Waals surface area (Å²) in [7, 11) is 0. The molecular weight excluding hydrogens is 326 g/mol. The quantitative estimate of drug-likeness (QED) is 0.767. The number of ether oxygens (including phenoxy) is 1. The highest BCUT2D eigenvalue weighted by atomic mass is 32.2. The lowest BCUT2D eigenvalue weighted by Gasteiger charge is -2.31. The maximum absolute atomic E-state index is 11.8. The van der Waals surface area contributed by atoms with E-state index in [4.69, 9.17) is 4.74 Å². The summed E-state index contributed by atoms with van der Waals surface area (Å²) in [6, 6.07) is 5.84. The Morgan fingerprint density at radius 2 is 2.00 bits per heavy atom. The monoisotopic (exact) mass is 350 g/mol. The van der Waals surface area contributed by atoms with Crippen LogP contribution in [0.1, 0.15) is 54.4 Å². The molecule has 0 spiro atoms. The van der Waals surface area contributed by atoms with E-state index in [2.05, 4.69) is 4.72 Å². The second-order valence-electron chi connectivity index (χ2n) is 6.78. The van der Waals surface area contributed by atoms with Crippen LogP contribution in [0.4, 0.5) is 0 Å². The Labute approximate surface area is 145 Å². The number of Topliss-reactive ketones (excluding diaryl/α,β-unsaturated/α-hetero) is 1. The average Bonchev–Trinajstić information content (AvgIpc) is 2.94. The topological polar surface area (TPSA) is 78.5 Å². The van der Waals surface area contributed by atoms with Crippen molar-refractivity contribution in [3.05, 3.63) is 29.3 Å². The molecule has 5 nitrogen and oxygen atoms in total. The molecule has 1 fully saturated rings. The van der Waals surface area contributed by atoms with E-state index in [1.807, 2.05) is 18.2 Å². The third-order valence-corrected chi connectivity index (χ3v) is 5.71. The molecule has 3 rings (SSSR count). The van der Waals surface area contributed by atoms with Crippen LogP contribution in [0, 0.1) is 11.8 Å². The van der Waals surface area contributed by atoms with Gasteiger partial charge in [0.1, 0.15) is 5.75 Å². The first kappa shape index (κ1) is 17.6. The Kier molecular flexibility index (Phi) is 6.03. The Hall–Kier alpha value is -1.24. The number of carbonyl (C=O) groups excluding carboxylic acids is 1. The normalized spacial score (nSPS) is 24.6. The highest BCUT2D eigenvalue weighted by Crippen LogP contribution is 2.33. The Morgan fingerprint density at radius 1 is 1.21 bits per heavy atom. The number of benzene rings is 1. The molecule has 0 radical (unpaired) electrons. The SMILES string of the molecule is O=C1CCc2ccc(OCC3CCCCC3CCNS(=O)[O-])cc21. The fraction of sp³-hybridized carbons (Fsp3) is 0.611. The molecular formula is C18H24NO4S-. The molecule has 0 heterocycles. The lowest BCUT2D eigenvalue weighted by atomic mass is 9.78. The summed E-state index contributed by atoms with van der Waals surface area (Å²) < 4.78 is 29.6. The molecule has 24 heavy (non-hydrogen) atoms. The molecule has 0 amide bonds. The van der Waals surface area contributed by atoms with Crippen molar-refractivity contribution in [2.75, 3.05) is 13.2 Å². The Morgan fingerprint density at radius 3 is 2.79 bits per heavy atom. The average molecular weight is 350 g/mol. The van der Waals surface area contributed by atoms with Gasteiger partial charge in [-0.3, -0.25) is 9.00 Å². The van der Waals surface area contributed by atoms with Gasteiger partial charge in [0, 0.05) is 29.8 Å². The van der Waals surface area contributed by atoms with Crippen molar-refractivity contribution in [1.82, 2.24) is 4.72 Å². The number of hydrogen-bond donors (Lipinski definition) is 1. The first-order chi connectivity index (χ1) is 11.6. The first-order valence-electron chi connectivity index (χ1n) is 8.75. The molecule has 3 unspecified atom stereocenters. The van der Waals surface area contributed by atoms with Gasteiger partial charge in [0.25, 0.3) is 0 Å². The minimum absolute atomic E-state index is 0.211. The van der Waals surface area contributed by atoms with Crippen LogP contribution in [0.15, 0.2) is 18.2 Å². The van der Waals surface area contributed by atoms with Gasteiger partial charge in [0.15, 0.2) is 5.78 Å². The van der Waals surface area contributed by atoms with Gasteiger partial charge in [-0.05, 0) is 48.8 Å². The van der Waals surface area contributed by atoms with E-state index < -0.39 is 11.3 Å². The summed E-state index contributed by atoms with van der Waals surface area (Å²) in [5.41, 5.74) is 1.94. The van der Waals surface area contributed by atoms with Crippen LogP contribution < -0.4 is 9.46 Å². The maximum atomic E-state index is 11.8. The minimum atomic E-state index is -2.18. The summed E-state index contributed by atoms with van der Waals surface area (Å²) in [6.45, 7) is 1.13.